The highest BCUT2D eigenvalue weighted by atomic mass is 79.9. The molecule has 36 heavy (non-hydrogen) atoms. The van der Waals surface area contributed by atoms with E-state index in [0.29, 0.717) is 17.0 Å². The molecule has 182 valence electrons. The van der Waals surface area contributed by atoms with E-state index < -0.39 is 22.0 Å². The fourth-order valence-corrected chi connectivity index (χ4v) is 4.31. The van der Waals surface area contributed by atoms with Gasteiger partial charge in [0.25, 0.3) is 16.8 Å². The van der Waals surface area contributed by atoms with Gasteiger partial charge in [0.1, 0.15) is 18.9 Å². The lowest BCUT2D eigenvalue weighted by atomic mass is 10.2. The van der Waals surface area contributed by atoms with Crippen LogP contribution in [-0.2, 0) is 16.2 Å². The van der Waals surface area contributed by atoms with Crippen LogP contribution in [0, 0.1) is 10.1 Å². The zero-order valence-electron chi connectivity index (χ0n) is 18.5. The number of thioether (sulfide) groups is 1. The first-order valence-electron chi connectivity index (χ1n) is 10.6. The van der Waals surface area contributed by atoms with Crippen LogP contribution >= 0.6 is 27.7 Å². The van der Waals surface area contributed by atoms with Crippen molar-refractivity contribution in [1.29, 1.82) is 0 Å². The summed E-state index contributed by atoms with van der Waals surface area (Å²) < 4.78 is 6.56. The molecule has 0 saturated carbocycles. The molecule has 1 fully saturated rings. The van der Waals surface area contributed by atoms with Crippen molar-refractivity contribution < 1.29 is 24.0 Å². The van der Waals surface area contributed by atoms with Gasteiger partial charge in [-0.05, 0) is 77.5 Å². The first-order valence-corrected chi connectivity index (χ1v) is 12.2. The van der Waals surface area contributed by atoms with Crippen LogP contribution in [0.1, 0.15) is 11.1 Å². The number of anilines is 1. The van der Waals surface area contributed by atoms with Crippen LogP contribution in [0.4, 0.5) is 16.2 Å². The number of imide groups is 1. The maximum atomic E-state index is 12.7. The second-order valence-corrected chi connectivity index (χ2v) is 9.51. The molecule has 0 bridgehead atoms. The summed E-state index contributed by atoms with van der Waals surface area (Å²) in [6.07, 6.45) is 1.58. The quantitative estimate of drug-likeness (QED) is 0.213. The van der Waals surface area contributed by atoms with Gasteiger partial charge in [-0.15, -0.1) is 0 Å². The maximum absolute atomic E-state index is 12.7. The molecule has 0 unspecified atom stereocenters. The van der Waals surface area contributed by atoms with Crippen LogP contribution in [0.5, 0.6) is 5.75 Å². The molecule has 0 atom stereocenters. The van der Waals surface area contributed by atoms with E-state index in [1.54, 1.807) is 66.7 Å². The number of nitro groups is 1. The minimum atomic E-state index is -0.533. The van der Waals surface area contributed by atoms with E-state index in [1.807, 2.05) is 0 Å². The summed E-state index contributed by atoms with van der Waals surface area (Å²) in [6.45, 7) is -0.147. The number of hydrogen-bond acceptors (Lipinski definition) is 7. The number of amides is 3. The number of benzene rings is 3. The average Bonchev–Trinajstić information content (AvgIpc) is 3.12. The van der Waals surface area contributed by atoms with Crippen molar-refractivity contribution in [3.63, 3.8) is 0 Å². The van der Waals surface area contributed by atoms with Gasteiger partial charge < -0.3 is 10.1 Å². The molecule has 11 heteroatoms. The summed E-state index contributed by atoms with van der Waals surface area (Å²) in [5, 5.41) is 12.9. The normalized spacial score (nSPS) is 14.2. The highest BCUT2D eigenvalue weighted by molar-refractivity contribution is 9.10. The minimum Gasteiger partial charge on any atom is -0.489 e. The zero-order chi connectivity index (χ0) is 25.7. The van der Waals surface area contributed by atoms with Gasteiger partial charge in [-0.1, -0.05) is 28.1 Å². The Labute approximate surface area is 218 Å². The molecule has 1 N–H and O–H groups in total. The number of rotatable bonds is 8. The predicted molar refractivity (Wildman–Crippen MR) is 139 cm³/mol. The van der Waals surface area contributed by atoms with Crippen molar-refractivity contribution in [3.8, 4) is 5.75 Å². The van der Waals surface area contributed by atoms with E-state index in [-0.39, 0.29) is 23.7 Å². The molecule has 1 heterocycles. The molecule has 1 saturated heterocycles. The van der Waals surface area contributed by atoms with E-state index in [1.165, 1.54) is 12.1 Å². The van der Waals surface area contributed by atoms with Crippen molar-refractivity contribution in [3.05, 3.63) is 103 Å². The molecule has 9 nitrogen and oxygen atoms in total. The largest absolute Gasteiger partial charge is 0.489 e. The number of nitrogens with zero attached hydrogens (tertiary/aromatic N) is 2. The van der Waals surface area contributed by atoms with Crippen LogP contribution in [0.15, 0.2) is 82.2 Å². The first-order chi connectivity index (χ1) is 17.3. The summed E-state index contributed by atoms with van der Waals surface area (Å²) in [4.78, 5) is 48.8. The van der Waals surface area contributed by atoms with Crippen molar-refractivity contribution in [1.82, 2.24) is 4.90 Å². The number of non-ortho nitro benzene ring substituents is 1. The lowest BCUT2D eigenvalue weighted by Gasteiger charge is -2.12. The van der Waals surface area contributed by atoms with Crippen LogP contribution < -0.4 is 10.1 Å². The smallest absolute Gasteiger partial charge is 0.294 e. The van der Waals surface area contributed by atoms with E-state index >= 15 is 0 Å². The number of hydrogen-bond donors (Lipinski definition) is 1. The topological polar surface area (TPSA) is 119 Å². The van der Waals surface area contributed by atoms with Crippen LogP contribution in [0.3, 0.4) is 0 Å². The molecule has 4 rings (SSSR count). The van der Waals surface area contributed by atoms with E-state index in [9.17, 15) is 24.5 Å². The predicted octanol–water partition coefficient (Wildman–Crippen LogP) is 5.61. The standard InChI is InChI=1S/C25H18BrN3O6S/c26-18-5-7-19(8-6-18)27-23(30)14-28-24(31)22(36-25(28)32)13-16-3-11-21(12-4-16)35-15-17-1-9-20(10-2-17)29(33)34/h1-13H,14-15H2,(H,27,30)/b22-13+. The first kappa shape index (κ1) is 25.1. The molecular weight excluding hydrogens is 550 g/mol. The maximum Gasteiger partial charge on any atom is 0.294 e. The Balaban J connectivity index is 1.33. The molecule has 1 aliphatic rings. The Morgan fingerprint density at radius 1 is 1.03 bits per heavy atom. The minimum absolute atomic E-state index is 0.0118. The van der Waals surface area contributed by atoms with Crippen LogP contribution in [-0.4, -0.2) is 33.4 Å². The monoisotopic (exact) mass is 567 g/mol. The summed E-state index contributed by atoms with van der Waals surface area (Å²) in [6, 6.07) is 19.9. The van der Waals surface area contributed by atoms with Crippen molar-refractivity contribution in [2.24, 2.45) is 0 Å². The van der Waals surface area contributed by atoms with Gasteiger partial charge in [-0.3, -0.25) is 29.4 Å². The third-order valence-corrected chi connectivity index (χ3v) is 6.47. The molecule has 1 aliphatic heterocycles. The molecule has 0 spiro atoms. The molecule has 3 aromatic carbocycles. The number of nitro benzene ring substituents is 1. The molecule has 0 radical (unpaired) electrons. The van der Waals surface area contributed by atoms with Gasteiger partial charge in [0, 0.05) is 22.3 Å². The van der Waals surface area contributed by atoms with Crippen LogP contribution in [0.2, 0.25) is 0 Å². The SMILES string of the molecule is O=C(CN1C(=O)S/C(=C/c2ccc(OCc3ccc([N+](=O)[O-])cc3)cc2)C1=O)Nc1ccc(Br)cc1. The number of carbonyl (C=O) groups excluding carboxylic acids is 3. The third-order valence-electron chi connectivity index (χ3n) is 5.03. The Bertz CT molecular complexity index is 1340. The van der Waals surface area contributed by atoms with Gasteiger partial charge in [-0.25, -0.2) is 0 Å². The zero-order valence-corrected chi connectivity index (χ0v) is 21.0. The molecule has 3 amide bonds. The molecule has 0 aromatic heterocycles. The average molecular weight is 568 g/mol. The van der Waals surface area contributed by atoms with Crippen LogP contribution in [0.25, 0.3) is 6.08 Å². The second kappa shape index (κ2) is 11.2. The summed E-state index contributed by atoms with van der Waals surface area (Å²) in [5.74, 6) is -0.437. The second-order valence-electron chi connectivity index (χ2n) is 7.60. The fraction of sp³-hybridized carbons (Fsp3) is 0.0800. The van der Waals surface area contributed by atoms with Crippen molar-refractivity contribution >= 4 is 62.2 Å². The van der Waals surface area contributed by atoms with E-state index in [4.69, 9.17) is 4.74 Å². The molecule has 0 aliphatic carbocycles. The number of halogens is 1. The Hall–Kier alpha value is -3.96. The lowest BCUT2D eigenvalue weighted by molar-refractivity contribution is -0.384. The number of carbonyl (C=O) groups is 3. The fourth-order valence-electron chi connectivity index (χ4n) is 3.21. The summed E-state index contributed by atoms with van der Waals surface area (Å²) in [7, 11) is 0. The van der Waals surface area contributed by atoms with Crippen molar-refractivity contribution in [2.45, 2.75) is 6.61 Å². The molecule has 3 aromatic rings. The van der Waals surface area contributed by atoms with E-state index in [0.717, 1.165) is 26.7 Å². The Morgan fingerprint density at radius 2 is 1.69 bits per heavy atom. The summed E-state index contributed by atoms with van der Waals surface area (Å²) >= 11 is 4.09. The van der Waals surface area contributed by atoms with Gasteiger partial charge in [0.05, 0.1) is 9.83 Å². The van der Waals surface area contributed by atoms with Gasteiger partial charge in [0.15, 0.2) is 0 Å². The molecular formula is C25H18BrN3O6S. The highest BCUT2D eigenvalue weighted by Crippen LogP contribution is 2.32. The van der Waals surface area contributed by atoms with Crippen molar-refractivity contribution in [2.75, 3.05) is 11.9 Å². The van der Waals surface area contributed by atoms with Gasteiger partial charge in [0.2, 0.25) is 5.91 Å². The third kappa shape index (κ3) is 6.37. The van der Waals surface area contributed by atoms with Gasteiger partial charge >= 0.3 is 0 Å². The number of ether oxygens (including phenoxy) is 1. The lowest BCUT2D eigenvalue weighted by Crippen LogP contribution is -2.36. The number of nitrogens with one attached hydrogen (secondary N) is 1. The van der Waals surface area contributed by atoms with E-state index in [2.05, 4.69) is 21.2 Å². The Kier molecular flexibility index (Phi) is 7.81. The Morgan fingerprint density at radius 3 is 2.33 bits per heavy atom. The highest BCUT2D eigenvalue weighted by Gasteiger charge is 2.36. The van der Waals surface area contributed by atoms with Gasteiger partial charge in [-0.2, -0.15) is 0 Å². The summed E-state index contributed by atoms with van der Waals surface area (Å²) in [5.41, 5.74) is 2.03.